The van der Waals surface area contributed by atoms with Crippen molar-refractivity contribution in [2.24, 2.45) is 5.92 Å². The Labute approximate surface area is 136 Å². The first kappa shape index (κ1) is 17.0. The van der Waals surface area contributed by atoms with Gasteiger partial charge in [-0.1, -0.05) is 28.1 Å². The maximum absolute atomic E-state index is 11.8. The average Bonchev–Trinajstić information content (AvgIpc) is 2.68. The van der Waals surface area contributed by atoms with Gasteiger partial charge in [0.2, 0.25) is 0 Å². The van der Waals surface area contributed by atoms with Crippen LogP contribution in [0.5, 0.6) is 0 Å². The molecular weight excluding hydrogens is 350 g/mol. The maximum Gasteiger partial charge on any atom is 0.150 e. The van der Waals surface area contributed by atoms with Gasteiger partial charge in [0.1, 0.15) is 0 Å². The fourth-order valence-electron chi connectivity index (χ4n) is 2.85. The van der Waals surface area contributed by atoms with Crippen molar-refractivity contribution in [2.45, 2.75) is 38.6 Å². The third-order valence-electron chi connectivity index (χ3n) is 3.97. The molecule has 0 aliphatic carbocycles. The zero-order valence-corrected chi connectivity index (χ0v) is 15.3. The van der Waals surface area contributed by atoms with Crippen LogP contribution in [-0.2, 0) is 9.84 Å². The maximum atomic E-state index is 11.8. The van der Waals surface area contributed by atoms with Gasteiger partial charge in [0.15, 0.2) is 9.84 Å². The molecule has 0 saturated carbocycles. The normalized spacial score (nSPS) is 23.1. The van der Waals surface area contributed by atoms with E-state index < -0.39 is 9.84 Å². The minimum Gasteiger partial charge on any atom is -0.311 e. The van der Waals surface area contributed by atoms with Gasteiger partial charge in [-0.05, 0) is 50.8 Å². The summed E-state index contributed by atoms with van der Waals surface area (Å²) in [5.74, 6) is 1.09. The van der Waals surface area contributed by atoms with E-state index in [0.29, 0.717) is 11.5 Å². The molecule has 2 atom stereocenters. The molecule has 0 aromatic heterocycles. The van der Waals surface area contributed by atoms with E-state index in [4.69, 9.17) is 0 Å². The summed E-state index contributed by atoms with van der Waals surface area (Å²) in [4.78, 5) is 0. The molecule has 1 heterocycles. The second-order valence-corrected chi connectivity index (χ2v) is 10.1. The predicted molar refractivity (Wildman–Crippen MR) is 91.4 cm³/mol. The smallest absolute Gasteiger partial charge is 0.150 e. The standard InChI is InChI=1S/C16H24BrNO2S/c1-16(2,3)18-10-15(12-5-4-6-14(17)9-12)13-7-8-21(19,20)11-13/h4-6,9,13,15,18H,7-8,10-11H2,1-3H3. The number of halogens is 1. The quantitative estimate of drug-likeness (QED) is 0.879. The molecule has 1 aliphatic heterocycles. The van der Waals surface area contributed by atoms with E-state index in [0.717, 1.165) is 17.4 Å². The second kappa shape index (κ2) is 6.39. The fourth-order valence-corrected chi connectivity index (χ4v) is 5.15. The van der Waals surface area contributed by atoms with E-state index in [1.54, 1.807) is 0 Å². The van der Waals surface area contributed by atoms with Crippen LogP contribution in [0.25, 0.3) is 0 Å². The lowest BCUT2D eigenvalue weighted by Crippen LogP contribution is -2.40. The molecule has 1 aromatic carbocycles. The Hall–Kier alpha value is -0.390. The van der Waals surface area contributed by atoms with Crippen LogP contribution in [0.15, 0.2) is 28.7 Å². The van der Waals surface area contributed by atoms with Crippen molar-refractivity contribution in [3.63, 3.8) is 0 Å². The number of rotatable bonds is 4. The highest BCUT2D eigenvalue weighted by molar-refractivity contribution is 9.10. The summed E-state index contributed by atoms with van der Waals surface area (Å²) < 4.78 is 24.7. The zero-order chi connectivity index (χ0) is 15.7. The Balaban J connectivity index is 2.22. The van der Waals surface area contributed by atoms with Crippen molar-refractivity contribution >= 4 is 25.8 Å². The number of nitrogens with one attached hydrogen (secondary N) is 1. The highest BCUT2D eigenvalue weighted by Gasteiger charge is 2.34. The number of sulfone groups is 1. The molecule has 0 bridgehead atoms. The Morgan fingerprint density at radius 1 is 1.38 bits per heavy atom. The van der Waals surface area contributed by atoms with Gasteiger partial charge in [-0.25, -0.2) is 8.42 Å². The highest BCUT2D eigenvalue weighted by Crippen LogP contribution is 2.34. The SMILES string of the molecule is CC(C)(C)NCC(c1cccc(Br)c1)C1CCS(=O)(=O)C1. The lowest BCUT2D eigenvalue weighted by Gasteiger charge is -2.29. The third-order valence-corrected chi connectivity index (χ3v) is 6.25. The summed E-state index contributed by atoms with van der Waals surface area (Å²) in [6.45, 7) is 7.21. The van der Waals surface area contributed by atoms with Crippen molar-refractivity contribution < 1.29 is 8.42 Å². The van der Waals surface area contributed by atoms with E-state index in [9.17, 15) is 8.42 Å². The summed E-state index contributed by atoms with van der Waals surface area (Å²) in [6, 6.07) is 8.24. The molecule has 1 aromatic rings. The van der Waals surface area contributed by atoms with Gasteiger partial charge in [0, 0.05) is 22.5 Å². The molecule has 2 unspecified atom stereocenters. The molecule has 0 spiro atoms. The van der Waals surface area contributed by atoms with Crippen LogP contribution in [0, 0.1) is 5.92 Å². The van der Waals surface area contributed by atoms with Crippen molar-refractivity contribution in [3.05, 3.63) is 34.3 Å². The molecule has 1 N–H and O–H groups in total. The van der Waals surface area contributed by atoms with Crippen LogP contribution in [0.2, 0.25) is 0 Å². The van der Waals surface area contributed by atoms with Gasteiger partial charge in [-0.15, -0.1) is 0 Å². The summed E-state index contributed by atoms with van der Waals surface area (Å²) >= 11 is 3.51. The third kappa shape index (κ3) is 5.08. The van der Waals surface area contributed by atoms with E-state index in [1.807, 2.05) is 12.1 Å². The topological polar surface area (TPSA) is 46.2 Å². The lowest BCUT2D eigenvalue weighted by molar-refractivity contribution is 0.363. The molecule has 3 nitrogen and oxygen atoms in total. The van der Waals surface area contributed by atoms with E-state index >= 15 is 0 Å². The van der Waals surface area contributed by atoms with Crippen molar-refractivity contribution in [2.75, 3.05) is 18.1 Å². The van der Waals surface area contributed by atoms with Crippen LogP contribution < -0.4 is 5.32 Å². The Morgan fingerprint density at radius 2 is 2.10 bits per heavy atom. The summed E-state index contributed by atoms with van der Waals surface area (Å²) in [5, 5.41) is 3.53. The molecule has 0 amide bonds. The zero-order valence-electron chi connectivity index (χ0n) is 12.9. The van der Waals surface area contributed by atoms with E-state index in [1.165, 1.54) is 5.56 Å². The van der Waals surface area contributed by atoms with Crippen LogP contribution in [0.4, 0.5) is 0 Å². The minimum absolute atomic E-state index is 0.0295. The first-order chi connectivity index (χ1) is 9.66. The van der Waals surface area contributed by atoms with Gasteiger partial charge in [-0.3, -0.25) is 0 Å². The van der Waals surface area contributed by atoms with Crippen LogP contribution in [-0.4, -0.2) is 32.0 Å². The van der Waals surface area contributed by atoms with Gasteiger partial charge in [0.25, 0.3) is 0 Å². The Kier molecular flexibility index (Phi) is 5.16. The van der Waals surface area contributed by atoms with Gasteiger partial charge >= 0.3 is 0 Å². The van der Waals surface area contributed by atoms with Crippen LogP contribution >= 0.6 is 15.9 Å². The largest absolute Gasteiger partial charge is 0.311 e. The molecule has 2 rings (SSSR count). The molecular formula is C16H24BrNO2S. The summed E-state index contributed by atoms with van der Waals surface area (Å²) in [5.41, 5.74) is 1.24. The van der Waals surface area contributed by atoms with Crippen molar-refractivity contribution in [1.82, 2.24) is 5.32 Å². The van der Waals surface area contributed by atoms with Crippen LogP contribution in [0.1, 0.15) is 38.7 Å². The molecule has 1 fully saturated rings. The van der Waals surface area contributed by atoms with Crippen LogP contribution in [0.3, 0.4) is 0 Å². The summed E-state index contributed by atoms with van der Waals surface area (Å²) in [6.07, 6.45) is 0.769. The monoisotopic (exact) mass is 373 g/mol. The first-order valence-corrected chi connectivity index (χ1v) is 9.99. The van der Waals surface area contributed by atoms with Gasteiger partial charge in [0.05, 0.1) is 11.5 Å². The fraction of sp³-hybridized carbons (Fsp3) is 0.625. The summed E-state index contributed by atoms with van der Waals surface area (Å²) in [7, 11) is -2.85. The second-order valence-electron chi connectivity index (χ2n) is 6.96. The molecule has 5 heteroatoms. The highest BCUT2D eigenvalue weighted by atomic mass is 79.9. The predicted octanol–water partition coefficient (Wildman–Crippen LogP) is 3.36. The van der Waals surface area contributed by atoms with Crippen molar-refractivity contribution in [1.29, 1.82) is 0 Å². The van der Waals surface area contributed by atoms with E-state index in [-0.39, 0.29) is 17.4 Å². The lowest BCUT2D eigenvalue weighted by atomic mass is 9.85. The number of hydrogen-bond acceptors (Lipinski definition) is 3. The first-order valence-electron chi connectivity index (χ1n) is 7.37. The van der Waals surface area contributed by atoms with Gasteiger partial charge in [-0.2, -0.15) is 0 Å². The Morgan fingerprint density at radius 3 is 2.62 bits per heavy atom. The molecule has 1 saturated heterocycles. The number of benzene rings is 1. The van der Waals surface area contributed by atoms with E-state index in [2.05, 4.69) is 54.2 Å². The minimum atomic E-state index is -2.85. The van der Waals surface area contributed by atoms with Gasteiger partial charge < -0.3 is 5.32 Å². The molecule has 118 valence electrons. The average molecular weight is 374 g/mol. The Bertz CT molecular complexity index is 593. The molecule has 1 aliphatic rings. The molecule has 21 heavy (non-hydrogen) atoms. The number of hydrogen-bond donors (Lipinski definition) is 1. The van der Waals surface area contributed by atoms with Crippen molar-refractivity contribution in [3.8, 4) is 0 Å². The molecule has 0 radical (unpaired) electrons.